The molecule has 0 aliphatic carbocycles. The smallest absolute Gasteiger partial charge is 0.238 e. The molecule has 0 saturated heterocycles. The summed E-state index contributed by atoms with van der Waals surface area (Å²) in [6, 6.07) is 4.22. The Labute approximate surface area is 117 Å². The lowest BCUT2D eigenvalue weighted by atomic mass is 10.3. The second-order valence-corrected chi connectivity index (χ2v) is 6.07. The molecule has 2 rings (SSSR count). The van der Waals surface area contributed by atoms with Crippen molar-refractivity contribution in [3.8, 4) is 5.75 Å². The molecule has 1 aromatic carbocycles. The fourth-order valence-electron chi connectivity index (χ4n) is 1.32. The van der Waals surface area contributed by atoms with Crippen molar-refractivity contribution in [1.29, 1.82) is 0 Å². The van der Waals surface area contributed by atoms with Gasteiger partial charge in [-0.05, 0) is 34.1 Å². The largest absolute Gasteiger partial charge is 0.484 e. The molecule has 1 heterocycles. The molecule has 0 aliphatic heterocycles. The first-order chi connectivity index (χ1) is 8.86. The SMILES string of the molecule is Cc1nc(COc2ccc(S(N)(=O)=O)cc2Br)no1. The van der Waals surface area contributed by atoms with E-state index in [4.69, 9.17) is 14.4 Å². The minimum atomic E-state index is -3.73. The summed E-state index contributed by atoms with van der Waals surface area (Å²) >= 11 is 3.21. The lowest BCUT2D eigenvalue weighted by molar-refractivity contribution is 0.284. The Morgan fingerprint density at radius 3 is 2.74 bits per heavy atom. The molecule has 2 aromatic rings. The van der Waals surface area contributed by atoms with E-state index < -0.39 is 10.0 Å². The third-order valence-corrected chi connectivity index (χ3v) is 3.69. The van der Waals surface area contributed by atoms with Crippen LogP contribution in [0.1, 0.15) is 11.7 Å². The molecule has 0 unspecified atom stereocenters. The third kappa shape index (κ3) is 3.52. The number of primary sulfonamides is 1. The second kappa shape index (κ2) is 5.27. The Bertz CT molecular complexity index is 699. The zero-order valence-electron chi connectivity index (χ0n) is 9.83. The van der Waals surface area contributed by atoms with Crippen LogP contribution >= 0.6 is 15.9 Å². The molecule has 1 aromatic heterocycles. The monoisotopic (exact) mass is 347 g/mol. The van der Waals surface area contributed by atoms with E-state index in [1.165, 1.54) is 18.2 Å². The Balaban J connectivity index is 2.14. The lowest BCUT2D eigenvalue weighted by Crippen LogP contribution is -2.12. The molecule has 0 radical (unpaired) electrons. The molecule has 19 heavy (non-hydrogen) atoms. The van der Waals surface area contributed by atoms with E-state index in [1.807, 2.05) is 0 Å². The number of benzene rings is 1. The molecule has 0 amide bonds. The van der Waals surface area contributed by atoms with Gasteiger partial charge in [-0.3, -0.25) is 0 Å². The van der Waals surface area contributed by atoms with Crippen LogP contribution in [-0.4, -0.2) is 18.6 Å². The van der Waals surface area contributed by atoms with E-state index in [0.29, 0.717) is 21.9 Å². The van der Waals surface area contributed by atoms with E-state index in [2.05, 4.69) is 26.1 Å². The normalized spacial score (nSPS) is 11.5. The van der Waals surface area contributed by atoms with Crippen LogP contribution in [0.2, 0.25) is 0 Å². The molecule has 102 valence electrons. The van der Waals surface area contributed by atoms with Gasteiger partial charge in [0.25, 0.3) is 0 Å². The molecule has 0 saturated carbocycles. The number of rotatable bonds is 4. The maximum atomic E-state index is 11.2. The third-order valence-electron chi connectivity index (χ3n) is 2.16. The van der Waals surface area contributed by atoms with Crippen LogP contribution in [0, 0.1) is 6.92 Å². The number of nitrogens with zero attached hydrogens (tertiary/aromatic N) is 2. The van der Waals surface area contributed by atoms with E-state index in [0.717, 1.165) is 0 Å². The first kappa shape index (κ1) is 14.0. The summed E-state index contributed by atoms with van der Waals surface area (Å²) in [6.07, 6.45) is 0. The van der Waals surface area contributed by atoms with Gasteiger partial charge in [0.1, 0.15) is 5.75 Å². The average Bonchev–Trinajstić information content (AvgIpc) is 2.72. The Kier molecular flexibility index (Phi) is 3.88. The summed E-state index contributed by atoms with van der Waals surface area (Å²) in [5, 5.41) is 8.70. The molecular weight excluding hydrogens is 338 g/mol. The van der Waals surface area contributed by atoms with Crippen molar-refractivity contribution < 1.29 is 17.7 Å². The number of sulfonamides is 1. The Morgan fingerprint density at radius 2 is 2.21 bits per heavy atom. The van der Waals surface area contributed by atoms with Gasteiger partial charge in [0.05, 0.1) is 9.37 Å². The summed E-state index contributed by atoms with van der Waals surface area (Å²) < 4.78 is 33.0. The van der Waals surface area contributed by atoms with E-state index in [1.54, 1.807) is 6.92 Å². The fraction of sp³-hybridized carbons (Fsp3) is 0.200. The first-order valence-electron chi connectivity index (χ1n) is 5.10. The standard InChI is InChI=1S/C10H10BrN3O4S/c1-6-13-10(14-18-6)5-17-9-3-2-7(4-8(9)11)19(12,15)16/h2-4H,5H2,1H3,(H2,12,15,16). The average molecular weight is 348 g/mol. The van der Waals surface area contributed by atoms with Crippen molar-refractivity contribution in [2.75, 3.05) is 0 Å². The summed E-state index contributed by atoms with van der Waals surface area (Å²) in [4.78, 5) is 3.98. The van der Waals surface area contributed by atoms with Crippen LogP contribution < -0.4 is 9.88 Å². The number of ether oxygens (including phenoxy) is 1. The molecule has 9 heteroatoms. The Morgan fingerprint density at radius 1 is 1.47 bits per heavy atom. The number of nitrogens with two attached hydrogens (primary N) is 1. The van der Waals surface area contributed by atoms with Gasteiger partial charge in [-0.15, -0.1) is 0 Å². The van der Waals surface area contributed by atoms with E-state index >= 15 is 0 Å². The summed E-state index contributed by atoms with van der Waals surface area (Å²) in [5.74, 6) is 1.30. The van der Waals surface area contributed by atoms with Gasteiger partial charge >= 0.3 is 0 Å². The van der Waals surface area contributed by atoms with Crippen molar-refractivity contribution in [2.24, 2.45) is 5.14 Å². The van der Waals surface area contributed by atoms with Crippen molar-refractivity contribution >= 4 is 26.0 Å². The molecule has 0 atom stereocenters. The van der Waals surface area contributed by atoms with Gasteiger partial charge in [-0.1, -0.05) is 5.16 Å². The number of aryl methyl sites for hydroxylation is 1. The van der Waals surface area contributed by atoms with Gasteiger partial charge in [-0.2, -0.15) is 4.98 Å². The molecule has 0 spiro atoms. The number of aromatic nitrogens is 2. The quantitative estimate of drug-likeness (QED) is 0.894. The lowest BCUT2D eigenvalue weighted by Gasteiger charge is -2.07. The molecule has 0 fully saturated rings. The van der Waals surface area contributed by atoms with Crippen LogP contribution in [0.4, 0.5) is 0 Å². The van der Waals surface area contributed by atoms with E-state index in [9.17, 15) is 8.42 Å². The molecule has 0 bridgehead atoms. The summed E-state index contributed by atoms with van der Waals surface area (Å²) in [5.41, 5.74) is 0. The zero-order valence-corrected chi connectivity index (χ0v) is 12.2. The maximum absolute atomic E-state index is 11.2. The first-order valence-corrected chi connectivity index (χ1v) is 7.44. The van der Waals surface area contributed by atoms with Crippen LogP contribution in [-0.2, 0) is 16.6 Å². The minimum absolute atomic E-state index is 0.00197. The van der Waals surface area contributed by atoms with E-state index in [-0.39, 0.29) is 11.5 Å². The van der Waals surface area contributed by atoms with Gasteiger partial charge < -0.3 is 9.26 Å². The van der Waals surface area contributed by atoms with Gasteiger partial charge in [0.2, 0.25) is 21.7 Å². The van der Waals surface area contributed by atoms with Gasteiger partial charge in [-0.25, -0.2) is 13.6 Å². The minimum Gasteiger partial charge on any atom is -0.484 e. The molecular formula is C10H10BrN3O4S. The number of hydrogen-bond donors (Lipinski definition) is 1. The van der Waals surface area contributed by atoms with Crippen molar-refractivity contribution in [3.63, 3.8) is 0 Å². The zero-order chi connectivity index (χ0) is 14.0. The second-order valence-electron chi connectivity index (χ2n) is 3.66. The van der Waals surface area contributed by atoms with Crippen LogP contribution in [0.5, 0.6) is 5.75 Å². The van der Waals surface area contributed by atoms with Crippen LogP contribution in [0.25, 0.3) is 0 Å². The van der Waals surface area contributed by atoms with Gasteiger partial charge in [0.15, 0.2) is 6.61 Å². The Hall–Kier alpha value is -1.45. The number of halogens is 1. The summed E-state index contributed by atoms with van der Waals surface area (Å²) in [6.45, 7) is 1.79. The van der Waals surface area contributed by atoms with Crippen LogP contribution in [0.3, 0.4) is 0 Å². The van der Waals surface area contributed by atoms with Crippen LogP contribution in [0.15, 0.2) is 32.1 Å². The van der Waals surface area contributed by atoms with Crippen molar-refractivity contribution in [3.05, 3.63) is 34.4 Å². The highest BCUT2D eigenvalue weighted by Gasteiger charge is 2.11. The number of hydrogen-bond acceptors (Lipinski definition) is 6. The van der Waals surface area contributed by atoms with Crippen molar-refractivity contribution in [1.82, 2.24) is 10.1 Å². The highest BCUT2D eigenvalue weighted by Crippen LogP contribution is 2.27. The molecule has 0 aliphatic rings. The van der Waals surface area contributed by atoms with Crippen molar-refractivity contribution in [2.45, 2.75) is 18.4 Å². The fourth-order valence-corrected chi connectivity index (χ4v) is 2.50. The highest BCUT2D eigenvalue weighted by atomic mass is 79.9. The topological polar surface area (TPSA) is 108 Å². The summed E-state index contributed by atoms with van der Waals surface area (Å²) in [7, 11) is -3.73. The predicted octanol–water partition coefficient (Wildman–Crippen LogP) is 1.37. The molecule has 7 nitrogen and oxygen atoms in total. The molecule has 2 N–H and O–H groups in total. The maximum Gasteiger partial charge on any atom is 0.238 e. The predicted molar refractivity (Wildman–Crippen MR) is 68.9 cm³/mol. The van der Waals surface area contributed by atoms with Gasteiger partial charge in [0, 0.05) is 6.92 Å². The highest BCUT2D eigenvalue weighted by molar-refractivity contribution is 9.10.